The molecule has 32 heavy (non-hydrogen) atoms. The van der Waals surface area contributed by atoms with E-state index in [1.165, 1.54) is 5.56 Å². The predicted molar refractivity (Wildman–Crippen MR) is 139 cm³/mol. The molecular weight excluding hydrogens is 521 g/mol. The normalized spacial score (nSPS) is 20.2. The van der Waals surface area contributed by atoms with Crippen LogP contribution in [0.2, 0.25) is 0 Å². The second-order valence-electron chi connectivity index (χ2n) is 8.04. The minimum absolute atomic E-state index is 0. The Balaban J connectivity index is 0.00000363. The van der Waals surface area contributed by atoms with Gasteiger partial charge >= 0.3 is 0 Å². The number of aliphatic imine (C=N–C) groups is 1. The van der Waals surface area contributed by atoms with Crippen molar-refractivity contribution in [2.45, 2.75) is 25.9 Å². The molecule has 1 aromatic carbocycles. The third-order valence-corrected chi connectivity index (χ3v) is 5.98. The maximum atomic E-state index is 5.58. The molecule has 1 aromatic rings. The van der Waals surface area contributed by atoms with Crippen LogP contribution >= 0.6 is 24.0 Å². The molecule has 0 bridgehead atoms. The lowest BCUT2D eigenvalue weighted by atomic mass is 10.0. The lowest BCUT2D eigenvalue weighted by molar-refractivity contribution is 0.0169. The second kappa shape index (κ2) is 14.9. The van der Waals surface area contributed by atoms with Gasteiger partial charge in [-0.1, -0.05) is 12.1 Å². The third-order valence-electron chi connectivity index (χ3n) is 5.98. The van der Waals surface area contributed by atoms with Crippen LogP contribution in [-0.2, 0) is 9.47 Å². The van der Waals surface area contributed by atoms with Crippen LogP contribution in [0.5, 0.6) is 5.75 Å². The minimum Gasteiger partial charge on any atom is -0.497 e. The summed E-state index contributed by atoms with van der Waals surface area (Å²) < 4.78 is 16.4. The van der Waals surface area contributed by atoms with Crippen LogP contribution in [0, 0.1) is 0 Å². The number of guanidine groups is 1. The van der Waals surface area contributed by atoms with Crippen molar-refractivity contribution in [3.05, 3.63) is 29.8 Å². The second-order valence-corrected chi connectivity index (χ2v) is 8.04. The van der Waals surface area contributed by atoms with E-state index in [9.17, 15) is 0 Å². The van der Waals surface area contributed by atoms with Gasteiger partial charge in [-0.3, -0.25) is 14.8 Å². The number of nitrogens with zero attached hydrogens (tertiary/aromatic N) is 3. The Labute approximate surface area is 210 Å². The first-order valence-corrected chi connectivity index (χ1v) is 11.5. The van der Waals surface area contributed by atoms with E-state index in [2.05, 4.69) is 46.4 Å². The summed E-state index contributed by atoms with van der Waals surface area (Å²) in [6, 6.07) is 9.03. The molecule has 0 amide bonds. The number of benzene rings is 1. The number of hydrogen-bond acceptors (Lipinski definition) is 6. The third kappa shape index (κ3) is 8.33. The topological polar surface area (TPSA) is 70.6 Å². The average molecular weight is 562 g/mol. The average Bonchev–Trinajstić information content (AvgIpc) is 2.84. The first kappa shape index (κ1) is 27.1. The summed E-state index contributed by atoms with van der Waals surface area (Å²) in [6.07, 6.45) is 0. The van der Waals surface area contributed by atoms with Gasteiger partial charge in [-0.15, -0.1) is 24.0 Å². The van der Waals surface area contributed by atoms with E-state index in [4.69, 9.17) is 19.2 Å². The summed E-state index contributed by atoms with van der Waals surface area (Å²) in [5.74, 6) is 1.75. The quantitative estimate of drug-likeness (QED) is 0.272. The van der Waals surface area contributed by atoms with E-state index in [0.717, 1.165) is 83.9 Å². The predicted octanol–water partition coefficient (Wildman–Crippen LogP) is 1.96. The molecule has 8 nitrogen and oxygen atoms in total. The van der Waals surface area contributed by atoms with Gasteiger partial charge in [0.05, 0.1) is 46.1 Å². The van der Waals surface area contributed by atoms with E-state index >= 15 is 0 Å². The van der Waals surface area contributed by atoms with Crippen molar-refractivity contribution in [3.8, 4) is 5.75 Å². The Bertz CT molecular complexity index is 664. The Hall–Kier alpha value is -1.14. The molecule has 182 valence electrons. The Morgan fingerprint density at radius 3 is 2.16 bits per heavy atom. The Kier molecular flexibility index (Phi) is 12.6. The standard InChI is InChI=1S/C23H39N5O3.HI/c1-4-24-23(25-17-19(2)27-9-13-30-14-10-27)26-18-22(28-11-15-31-16-12-28)20-5-7-21(29-3)8-6-20;/h5-8,19,22H,4,9-18H2,1-3H3,(H2,24,25,26);1H. The molecule has 0 radical (unpaired) electrons. The number of morpholine rings is 2. The molecule has 2 heterocycles. The van der Waals surface area contributed by atoms with E-state index in [1.807, 2.05) is 12.1 Å². The molecule has 0 aliphatic carbocycles. The SMILES string of the molecule is CCNC(=NCC(C)N1CCOCC1)NCC(c1ccc(OC)cc1)N1CCOCC1.I. The molecule has 0 saturated carbocycles. The minimum atomic E-state index is 0. The molecule has 0 aromatic heterocycles. The molecule has 2 atom stereocenters. The van der Waals surface area contributed by atoms with Crippen molar-refractivity contribution in [1.29, 1.82) is 0 Å². The molecule has 0 spiro atoms. The molecule has 2 fully saturated rings. The van der Waals surface area contributed by atoms with Gasteiger partial charge in [-0.2, -0.15) is 0 Å². The Morgan fingerprint density at radius 2 is 1.59 bits per heavy atom. The Morgan fingerprint density at radius 1 is 1.00 bits per heavy atom. The van der Waals surface area contributed by atoms with E-state index < -0.39 is 0 Å². The van der Waals surface area contributed by atoms with Crippen molar-refractivity contribution in [3.63, 3.8) is 0 Å². The number of halogens is 1. The molecular formula is C23H40IN5O3. The fourth-order valence-electron chi connectivity index (χ4n) is 4.07. The van der Waals surface area contributed by atoms with E-state index in [-0.39, 0.29) is 30.0 Å². The summed E-state index contributed by atoms with van der Waals surface area (Å²) >= 11 is 0. The van der Waals surface area contributed by atoms with Crippen LogP contribution in [0.1, 0.15) is 25.5 Å². The number of nitrogens with one attached hydrogen (secondary N) is 2. The molecule has 2 aliphatic rings. The molecule has 3 rings (SSSR count). The molecule has 9 heteroatoms. The largest absolute Gasteiger partial charge is 0.497 e. The van der Waals surface area contributed by atoms with Gasteiger partial charge in [0, 0.05) is 45.3 Å². The molecule has 2 unspecified atom stereocenters. The zero-order valence-corrected chi connectivity index (χ0v) is 22.0. The molecule has 2 saturated heterocycles. The fraction of sp³-hybridized carbons (Fsp3) is 0.696. The monoisotopic (exact) mass is 561 g/mol. The number of rotatable bonds is 9. The van der Waals surface area contributed by atoms with Crippen molar-refractivity contribution >= 4 is 29.9 Å². The van der Waals surface area contributed by atoms with Crippen molar-refractivity contribution in [1.82, 2.24) is 20.4 Å². The van der Waals surface area contributed by atoms with Gasteiger partial charge in [0.25, 0.3) is 0 Å². The van der Waals surface area contributed by atoms with Crippen LogP contribution in [0.15, 0.2) is 29.3 Å². The molecule has 2 N–H and O–H groups in total. The van der Waals surface area contributed by atoms with Gasteiger partial charge in [-0.25, -0.2) is 0 Å². The maximum Gasteiger partial charge on any atom is 0.191 e. The van der Waals surface area contributed by atoms with Crippen LogP contribution in [0.4, 0.5) is 0 Å². The lowest BCUT2D eigenvalue weighted by Crippen LogP contribution is -2.47. The van der Waals surface area contributed by atoms with E-state index in [1.54, 1.807) is 7.11 Å². The molecule has 2 aliphatic heterocycles. The van der Waals surface area contributed by atoms with Crippen LogP contribution in [0.25, 0.3) is 0 Å². The number of hydrogen-bond donors (Lipinski definition) is 2. The first-order chi connectivity index (χ1) is 15.2. The highest BCUT2D eigenvalue weighted by molar-refractivity contribution is 14.0. The number of ether oxygens (including phenoxy) is 3. The highest BCUT2D eigenvalue weighted by Crippen LogP contribution is 2.23. The van der Waals surface area contributed by atoms with Gasteiger partial charge in [0.15, 0.2) is 5.96 Å². The van der Waals surface area contributed by atoms with Gasteiger partial charge in [0.1, 0.15) is 5.75 Å². The van der Waals surface area contributed by atoms with E-state index in [0.29, 0.717) is 6.04 Å². The zero-order valence-electron chi connectivity index (χ0n) is 19.7. The lowest BCUT2D eigenvalue weighted by Gasteiger charge is -2.35. The fourth-order valence-corrected chi connectivity index (χ4v) is 4.07. The summed E-state index contributed by atoms with van der Waals surface area (Å²) in [6.45, 7) is 13.7. The summed E-state index contributed by atoms with van der Waals surface area (Å²) in [5.41, 5.74) is 1.27. The van der Waals surface area contributed by atoms with Crippen molar-refractivity contribution in [2.24, 2.45) is 4.99 Å². The highest BCUT2D eigenvalue weighted by Gasteiger charge is 2.23. The van der Waals surface area contributed by atoms with Gasteiger partial charge in [0.2, 0.25) is 0 Å². The summed E-state index contributed by atoms with van der Waals surface area (Å²) in [7, 11) is 1.70. The highest BCUT2D eigenvalue weighted by atomic mass is 127. The van der Waals surface area contributed by atoms with Crippen LogP contribution < -0.4 is 15.4 Å². The zero-order chi connectivity index (χ0) is 21.9. The summed E-state index contributed by atoms with van der Waals surface area (Å²) in [5, 5.41) is 6.99. The van der Waals surface area contributed by atoms with Gasteiger partial charge in [-0.05, 0) is 31.5 Å². The number of methoxy groups -OCH3 is 1. The van der Waals surface area contributed by atoms with Crippen LogP contribution in [-0.4, -0.2) is 101 Å². The summed E-state index contributed by atoms with van der Waals surface area (Å²) in [4.78, 5) is 9.81. The van der Waals surface area contributed by atoms with Gasteiger partial charge < -0.3 is 24.8 Å². The smallest absolute Gasteiger partial charge is 0.191 e. The van der Waals surface area contributed by atoms with Crippen molar-refractivity contribution in [2.75, 3.05) is 79.4 Å². The van der Waals surface area contributed by atoms with Crippen LogP contribution in [0.3, 0.4) is 0 Å². The first-order valence-electron chi connectivity index (χ1n) is 11.5. The van der Waals surface area contributed by atoms with Crippen molar-refractivity contribution < 1.29 is 14.2 Å². The maximum absolute atomic E-state index is 5.58.